The van der Waals surface area contributed by atoms with Crippen LogP contribution in [-0.2, 0) is 0 Å². The molecule has 0 aromatic heterocycles. The maximum atomic E-state index is 5.85. The van der Waals surface area contributed by atoms with Gasteiger partial charge >= 0.3 is 0 Å². The van der Waals surface area contributed by atoms with Crippen LogP contribution >= 0.6 is 11.6 Å². The quantitative estimate of drug-likeness (QED) is 0.675. The molecule has 13 heavy (non-hydrogen) atoms. The average molecular weight is 195 g/mol. The molecule has 1 aromatic carbocycles. The number of halogens is 1. The van der Waals surface area contributed by atoms with Gasteiger partial charge in [0.2, 0.25) is 0 Å². The van der Waals surface area contributed by atoms with Crippen LogP contribution in [0.1, 0.15) is 37.7 Å². The summed E-state index contributed by atoms with van der Waals surface area (Å²) in [6.45, 7) is 2.28. The minimum atomic E-state index is 0.775. The van der Waals surface area contributed by atoms with Crippen LogP contribution in [0.2, 0.25) is 5.02 Å². The third-order valence-corrected chi connectivity index (χ3v) is 3.18. The molecule has 0 N–H and O–H groups in total. The third kappa shape index (κ3) is 2.05. The second-order valence-electron chi connectivity index (χ2n) is 3.90. The van der Waals surface area contributed by atoms with Crippen LogP contribution in [-0.4, -0.2) is 0 Å². The van der Waals surface area contributed by atoms with E-state index in [4.69, 9.17) is 11.6 Å². The zero-order valence-corrected chi connectivity index (χ0v) is 8.72. The first-order chi connectivity index (χ1) is 6.31. The van der Waals surface area contributed by atoms with Crippen LogP contribution in [0.5, 0.6) is 0 Å². The Morgan fingerprint density at radius 1 is 1.31 bits per heavy atom. The lowest BCUT2D eigenvalue weighted by Gasteiger charge is -2.13. The Kier molecular flexibility index (Phi) is 2.59. The molecule has 2 rings (SSSR count). The second kappa shape index (κ2) is 3.71. The van der Waals surface area contributed by atoms with Crippen molar-refractivity contribution in [2.24, 2.45) is 5.92 Å². The fourth-order valence-electron chi connectivity index (χ4n) is 2.05. The Labute approximate surface area is 84.9 Å². The van der Waals surface area contributed by atoms with Gasteiger partial charge in [-0.25, -0.2) is 0 Å². The molecule has 1 aliphatic carbocycles. The van der Waals surface area contributed by atoms with Gasteiger partial charge in [-0.3, -0.25) is 0 Å². The van der Waals surface area contributed by atoms with Crippen molar-refractivity contribution in [3.8, 4) is 0 Å². The van der Waals surface area contributed by atoms with E-state index in [1.54, 1.807) is 0 Å². The van der Waals surface area contributed by atoms with Gasteiger partial charge in [-0.05, 0) is 48.8 Å². The minimum Gasteiger partial charge on any atom is -0.0843 e. The number of hydrogen-bond donors (Lipinski definition) is 0. The molecule has 0 heterocycles. The highest BCUT2D eigenvalue weighted by Gasteiger charge is 2.30. The molecular formula is C12H15Cl. The monoisotopic (exact) mass is 194 g/mol. The van der Waals surface area contributed by atoms with Crippen molar-refractivity contribution in [2.75, 3.05) is 0 Å². The summed E-state index contributed by atoms with van der Waals surface area (Å²) in [4.78, 5) is 0. The normalized spacial score (nSPS) is 18.6. The van der Waals surface area contributed by atoms with Gasteiger partial charge in [0.1, 0.15) is 0 Å². The Balaban J connectivity index is 2.17. The highest BCUT2D eigenvalue weighted by atomic mass is 35.5. The molecule has 1 unspecified atom stereocenters. The molecule has 1 heteroatoms. The maximum absolute atomic E-state index is 5.85. The zero-order chi connectivity index (χ0) is 9.26. The van der Waals surface area contributed by atoms with E-state index in [2.05, 4.69) is 19.1 Å². The smallest absolute Gasteiger partial charge is 0.0406 e. The molecular weight excluding hydrogens is 180 g/mol. The van der Waals surface area contributed by atoms with Gasteiger partial charge in [0.05, 0.1) is 0 Å². The first kappa shape index (κ1) is 9.08. The topological polar surface area (TPSA) is 0 Å². The minimum absolute atomic E-state index is 0.775. The summed E-state index contributed by atoms with van der Waals surface area (Å²) in [6.07, 6.45) is 4.09. The van der Waals surface area contributed by atoms with Gasteiger partial charge in [-0.1, -0.05) is 30.7 Å². The molecule has 1 aliphatic rings. The van der Waals surface area contributed by atoms with Crippen molar-refractivity contribution in [3.05, 3.63) is 34.9 Å². The Hall–Kier alpha value is -0.490. The lowest BCUT2D eigenvalue weighted by Crippen LogP contribution is -1.98. The molecule has 1 fully saturated rings. The fourth-order valence-corrected chi connectivity index (χ4v) is 2.18. The first-order valence-electron chi connectivity index (χ1n) is 5.06. The summed E-state index contributed by atoms with van der Waals surface area (Å²) < 4.78 is 0. The van der Waals surface area contributed by atoms with E-state index in [0.717, 1.165) is 16.9 Å². The molecule has 0 saturated heterocycles. The van der Waals surface area contributed by atoms with E-state index >= 15 is 0 Å². The van der Waals surface area contributed by atoms with Crippen LogP contribution in [0.15, 0.2) is 24.3 Å². The largest absolute Gasteiger partial charge is 0.0843 e. The standard InChI is InChI=1S/C12H15Cl/c1-2-12(9-3-4-9)10-5-7-11(13)8-6-10/h5-9,12H,2-4H2,1H3. The van der Waals surface area contributed by atoms with E-state index < -0.39 is 0 Å². The van der Waals surface area contributed by atoms with Crippen LogP contribution in [0, 0.1) is 5.92 Å². The maximum Gasteiger partial charge on any atom is 0.0406 e. The van der Waals surface area contributed by atoms with Crippen LogP contribution in [0.3, 0.4) is 0 Å². The Morgan fingerprint density at radius 2 is 1.92 bits per heavy atom. The lowest BCUT2D eigenvalue weighted by molar-refractivity contribution is 0.587. The molecule has 1 aromatic rings. The van der Waals surface area contributed by atoms with Crippen molar-refractivity contribution in [3.63, 3.8) is 0 Å². The molecule has 70 valence electrons. The van der Waals surface area contributed by atoms with Crippen LogP contribution < -0.4 is 0 Å². The molecule has 0 amide bonds. The predicted octanol–water partition coefficient (Wildman–Crippen LogP) is 4.24. The summed E-state index contributed by atoms with van der Waals surface area (Å²) in [6, 6.07) is 8.35. The molecule has 0 nitrogen and oxygen atoms in total. The Bertz CT molecular complexity index is 272. The van der Waals surface area contributed by atoms with Gasteiger partial charge in [0.25, 0.3) is 0 Å². The van der Waals surface area contributed by atoms with Crippen molar-refractivity contribution in [1.82, 2.24) is 0 Å². The van der Waals surface area contributed by atoms with Gasteiger partial charge < -0.3 is 0 Å². The SMILES string of the molecule is CCC(c1ccc(Cl)cc1)C1CC1. The van der Waals surface area contributed by atoms with E-state index in [0.29, 0.717) is 0 Å². The van der Waals surface area contributed by atoms with E-state index in [1.165, 1.54) is 24.8 Å². The van der Waals surface area contributed by atoms with E-state index in [9.17, 15) is 0 Å². The molecule has 1 atom stereocenters. The highest BCUT2D eigenvalue weighted by Crippen LogP contribution is 2.44. The van der Waals surface area contributed by atoms with Gasteiger partial charge in [-0.2, -0.15) is 0 Å². The zero-order valence-electron chi connectivity index (χ0n) is 7.96. The van der Waals surface area contributed by atoms with Crippen molar-refractivity contribution in [1.29, 1.82) is 0 Å². The lowest BCUT2D eigenvalue weighted by atomic mass is 9.92. The second-order valence-corrected chi connectivity index (χ2v) is 4.34. The third-order valence-electron chi connectivity index (χ3n) is 2.93. The molecule has 1 saturated carbocycles. The average Bonchev–Trinajstić information content (AvgIpc) is 2.93. The van der Waals surface area contributed by atoms with Gasteiger partial charge in [-0.15, -0.1) is 0 Å². The molecule has 0 spiro atoms. The molecule has 0 bridgehead atoms. The van der Waals surface area contributed by atoms with Gasteiger partial charge in [0.15, 0.2) is 0 Å². The molecule has 0 radical (unpaired) electrons. The van der Waals surface area contributed by atoms with Crippen molar-refractivity contribution >= 4 is 11.6 Å². The van der Waals surface area contributed by atoms with Crippen molar-refractivity contribution < 1.29 is 0 Å². The van der Waals surface area contributed by atoms with E-state index in [-0.39, 0.29) is 0 Å². The van der Waals surface area contributed by atoms with E-state index in [1.807, 2.05) is 12.1 Å². The highest BCUT2D eigenvalue weighted by molar-refractivity contribution is 6.30. The van der Waals surface area contributed by atoms with Crippen LogP contribution in [0.25, 0.3) is 0 Å². The summed E-state index contributed by atoms with van der Waals surface area (Å²) in [5, 5.41) is 0.842. The van der Waals surface area contributed by atoms with Crippen molar-refractivity contribution in [2.45, 2.75) is 32.1 Å². The molecule has 0 aliphatic heterocycles. The predicted molar refractivity (Wildman–Crippen MR) is 57.2 cm³/mol. The number of rotatable bonds is 3. The number of hydrogen-bond acceptors (Lipinski definition) is 0. The summed E-state index contributed by atoms with van der Waals surface area (Å²) in [5.41, 5.74) is 1.47. The number of benzene rings is 1. The fraction of sp³-hybridized carbons (Fsp3) is 0.500. The summed E-state index contributed by atoms with van der Waals surface area (Å²) in [5.74, 6) is 1.73. The van der Waals surface area contributed by atoms with Gasteiger partial charge in [0, 0.05) is 5.02 Å². The first-order valence-corrected chi connectivity index (χ1v) is 5.44. The Morgan fingerprint density at radius 3 is 2.38 bits per heavy atom. The summed E-state index contributed by atoms with van der Waals surface area (Å²) >= 11 is 5.85. The summed E-state index contributed by atoms with van der Waals surface area (Å²) in [7, 11) is 0. The van der Waals surface area contributed by atoms with Crippen LogP contribution in [0.4, 0.5) is 0 Å².